The fourth-order valence-corrected chi connectivity index (χ4v) is 4.75. The molecule has 1 atom stereocenters. The van der Waals surface area contributed by atoms with Crippen LogP contribution in [0.15, 0.2) is 18.2 Å². The van der Waals surface area contributed by atoms with E-state index in [9.17, 15) is 14.0 Å². The van der Waals surface area contributed by atoms with E-state index >= 15 is 0 Å². The fourth-order valence-electron chi connectivity index (χ4n) is 4.75. The first kappa shape index (κ1) is 20.3. The zero-order valence-corrected chi connectivity index (χ0v) is 17.3. The first-order valence-electron chi connectivity index (χ1n) is 11.1. The van der Waals surface area contributed by atoms with Crippen LogP contribution in [-0.2, 0) is 16.1 Å². The molecule has 1 unspecified atom stereocenters. The number of benzene rings is 1. The highest BCUT2D eigenvalue weighted by atomic mass is 19.1. The van der Waals surface area contributed by atoms with Crippen molar-refractivity contribution in [2.24, 2.45) is 11.8 Å². The Morgan fingerprint density at radius 3 is 2.55 bits per heavy atom. The lowest BCUT2D eigenvalue weighted by Crippen LogP contribution is -2.51. The molecular weight excluding hydrogens is 369 g/mol. The van der Waals surface area contributed by atoms with Crippen LogP contribution in [0.1, 0.15) is 49.7 Å². The molecule has 0 radical (unpaired) electrons. The van der Waals surface area contributed by atoms with Crippen LogP contribution in [0.3, 0.4) is 0 Å². The molecule has 1 aromatic rings. The molecule has 1 aromatic carbocycles. The molecule has 158 valence electrons. The Kier molecular flexibility index (Phi) is 6.18. The van der Waals surface area contributed by atoms with E-state index in [-0.39, 0.29) is 17.6 Å². The molecule has 0 aromatic heterocycles. The average Bonchev–Trinajstić information content (AvgIpc) is 3.59. The summed E-state index contributed by atoms with van der Waals surface area (Å²) in [5.41, 5.74) is 1.82. The molecular formula is C23H32FN3O2. The number of rotatable bonds is 5. The van der Waals surface area contributed by atoms with Crippen LogP contribution in [-0.4, -0.2) is 53.8 Å². The molecule has 2 heterocycles. The monoisotopic (exact) mass is 401 g/mol. The standard InChI is InChI=1S/C23H32FN3O2/c1-16-4-7-20(24)13-19(16)14-25-22(28)18-3-2-10-27(15-18)21-8-11-26(12-9-21)23(29)17-5-6-17/h4,7,13,17-18,21H,2-3,5-6,8-12,14-15H2,1H3,(H,25,28). The number of hydrogen-bond acceptors (Lipinski definition) is 3. The molecule has 29 heavy (non-hydrogen) atoms. The van der Waals surface area contributed by atoms with Crippen molar-refractivity contribution < 1.29 is 14.0 Å². The summed E-state index contributed by atoms with van der Waals surface area (Å²) >= 11 is 0. The first-order valence-corrected chi connectivity index (χ1v) is 11.1. The Bertz CT molecular complexity index is 756. The summed E-state index contributed by atoms with van der Waals surface area (Å²) in [5, 5.41) is 3.02. The molecule has 2 aliphatic heterocycles. The summed E-state index contributed by atoms with van der Waals surface area (Å²) in [6.45, 7) is 5.84. The third kappa shape index (κ3) is 4.97. The van der Waals surface area contributed by atoms with E-state index in [1.54, 1.807) is 6.07 Å². The van der Waals surface area contributed by atoms with E-state index in [1.807, 2.05) is 11.8 Å². The highest BCUT2D eigenvalue weighted by Gasteiger charge is 2.37. The van der Waals surface area contributed by atoms with Gasteiger partial charge in [-0.3, -0.25) is 14.5 Å². The van der Waals surface area contributed by atoms with Gasteiger partial charge in [-0.2, -0.15) is 0 Å². The lowest BCUT2D eigenvalue weighted by atomic mass is 9.93. The summed E-state index contributed by atoms with van der Waals surface area (Å²) in [5.74, 6) is 0.446. The van der Waals surface area contributed by atoms with Gasteiger partial charge in [-0.15, -0.1) is 0 Å². The molecule has 1 aliphatic carbocycles. The number of carbonyl (C=O) groups excluding carboxylic acids is 2. The van der Waals surface area contributed by atoms with Crippen LogP contribution in [0.5, 0.6) is 0 Å². The number of amides is 2. The summed E-state index contributed by atoms with van der Waals surface area (Å²) in [6, 6.07) is 5.17. The summed E-state index contributed by atoms with van der Waals surface area (Å²) in [7, 11) is 0. The van der Waals surface area contributed by atoms with Gasteiger partial charge in [0.15, 0.2) is 0 Å². The maximum Gasteiger partial charge on any atom is 0.225 e. The van der Waals surface area contributed by atoms with Gasteiger partial charge in [0.1, 0.15) is 5.82 Å². The number of piperidine rings is 2. The maximum atomic E-state index is 13.5. The van der Waals surface area contributed by atoms with Crippen LogP contribution in [0.4, 0.5) is 4.39 Å². The van der Waals surface area contributed by atoms with Gasteiger partial charge in [0.25, 0.3) is 0 Å². The Hall–Kier alpha value is -1.95. The maximum absolute atomic E-state index is 13.5. The number of hydrogen-bond donors (Lipinski definition) is 1. The molecule has 1 N–H and O–H groups in total. The van der Waals surface area contributed by atoms with Gasteiger partial charge in [-0.05, 0) is 75.3 Å². The highest BCUT2D eigenvalue weighted by Crippen LogP contribution is 2.32. The molecule has 5 nitrogen and oxygen atoms in total. The Labute approximate surface area is 172 Å². The molecule has 3 fully saturated rings. The first-order chi connectivity index (χ1) is 14.0. The number of nitrogens with one attached hydrogen (secondary N) is 1. The van der Waals surface area contributed by atoms with E-state index in [0.29, 0.717) is 24.4 Å². The predicted molar refractivity (Wildman–Crippen MR) is 110 cm³/mol. The minimum Gasteiger partial charge on any atom is -0.352 e. The number of likely N-dealkylation sites (tertiary alicyclic amines) is 2. The largest absolute Gasteiger partial charge is 0.352 e. The van der Waals surface area contributed by atoms with Crippen molar-refractivity contribution in [3.05, 3.63) is 35.1 Å². The second-order valence-electron chi connectivity index (χ2n) is 8.95. The van der Waals surface area contributed by atoms with Crippen molar-refractivity contribution in [2.45, 2.75) is 58.0 Å². The van der Waals surface area contributed by atoms with Crippen LogP contribution >= 0.6 is 0 Å². The van der Waals surface area contributed by atoms with Gasteiger partial charge in [0, 0.05) is 38.1 Å². The van der Waals surface area contributed by atoms with Gasteiger partial charge in [0.2, 0.25) is 11.8 Å². The van der Waals surface area contributed by atoms with Gasteiger partial charge in [-0.25, -0.2) is 4.39 Å². The number of carbonyl (C=O) groups is 2. The van der Waals surface area contributed by atoms with Crippen molar-refractivity contribution in [2.75, 3.05) is 26.2 Å². The second kappa shape index (κ2) is 8.82. The van der Waals surface area contributed by atoms with E-state index in [0.717, 1.165) is 75.8 Å². The van der Waals surface area contributed by atoms with E-state index in [4.69, 9.17) is 0 Å². The van der Waals surface area contributed by atoms with Crippen LogP contribution in [0.2, 0.25) is 0 Å². The zero-order chi connectivity index (χ0) is 20.4. The minimum absolute atomic E-state index is 0.0104. The van der Waals surface area contributed by atoms with Gasteiger partial charge < -0.3 is 10.2 Å². The highest BCUT2D eigenvalue weighted by molar-refractivity contribution is 5.81. The summed E-state index contributed by atoms with van der Waals surface area (Å²) in [4.78, 5) is 29.5. The van der Waals surface area contributed by atoms with Gasteiger partial charge in [0.05, 0.1) is 5.92 Å². The second-order valence-corrected chi connectivity index (χ2v) is 8.95. The molecule has 6 heteroatoms. The molecule has 2 saturated heterocycles. The van der Waals surface area contributed by atoms with Crippen LogP contribution < -0.4 is 5.32 Å². The molecule has 0 spiro atoms. The normalized spacial score (nSPS) is 23.8. The third-order valence-corrected chi connectivity index (χ3v) is 6.81. The minimum atomic E-state index is -0.268. The molecule has 3 aliphatic rings. The van der Waals surface area contributed by atoms with E-state index < -0.39 is 0 Å². The van der Waals surface area contributed by atoms with Crippen molar-refractivity contribution in [3.63, 3.8) is 0 Å². The molecule has 4 rings (SSSR count). The summed E-state index contributed by atoms with van der Waals surface area (Å²) in [6.07, 6.45) is 6.08. The van der Waals surface area contributed by atoms with E-state index in [1.165, 1.54) is 12.1 Å². The number of halogens is 1. The topological polar surface area (TPSA) is 52.7 Å². The Morgan fingerprint density at radius 1 is 1.07 bits per heavy atom. The zero-order valence-electron chi connectivity index (χ0n) is 17.3. The quantitative estimate of drug-likeness (QED) is 0.826. The molecule has 1 saturated carbocycles. The van der Waals surface area contributed by atoms with Crippen molar-refractivity contribution in [3.8, 4) is 0 Å². The van der Waals surface area contributed by atoms with Crippen molar-refractivity contribution >= 4 is 11.8 Å². The summed E-state index contributed by atoms with van der Waals surface area (Å²) < 4.78 is 13.5. The molecule has 2 amide bonds. The predicted octanol–water partition coefficient (Wildman–Crippen LogP) is 2.86. The van der Waals surface area contributed by atoms with Crippen molar-refractivity contribution in [1.29, 1.82) is 0 Å². The van der Waals surface area contributed by atoms with Crippen LogP contribution in [0.25, 0.3) is 0 Å². The third-order valence-electron chi connectivity index (χ3n) is 6.81. The SMILES string of the molecule is Cc1ccc(F)cc1CNC(=O)C1CCCN(C2CCN(C(=O)C3CC3)CC2)C1. The lowest BCUT2D eigenvalue weighted by Gasteiger charge is -2.42. The smallest absolute Gasteiger partial charge is 0.225 e. The lowest BCUT2D eigenvalue weighted by molar-refractivity contribution is -0.134. The Morgan fingerprint density at radius 2 is 1.83 bits per heavy atom. The number of nitrogens with zero attached hydrogens (tertiary/aromatic N) is 2. The Balaban J connectivity index is 1.26. The fraction of sp³-hybridized carbons (Fsp3) is 0.652. The van der Waals surface area contributed by atoms with Gasteiger partial charge in [-0.1, -0.05) is 6.07 Å². The van der Waals surface area contributed by atoms with E-state index in [2.05, 4.69) is 10.2 Å². The number of aryl methyl sites for hydroxylation is 1. The molecule has 0 bridgehead atoms. The van der Waals surface area contributed by atoms with Gasteiger partial charge >= 0.3 is 0 Å². The van der Waals surface area contributed by atoms with Crippen molar-refractivity contribution in [1.82, 2.24) is 15.1 Å². The van der Waals surface area contributed by atoms with Crippen LogP contribution in [0, 0.1) is 24.6 Å². The average molecular weight is 402 g/mol.